The van der Waals surface area contributed by atoms with Gasteiger partial charge in [-0.2, -0.15) is 0 Å². The van der Waals surface area contributed by atoms with E-state index in [9.17, 15) is 0 Å². The number of nitrogens with one attached hydrogen (secondary N) is 1. The van der Waals surface area contributed by atoms with Crippen LogP contribution in [-0.2, 0) is 0 Å². The molecule has 0 radical (unpaired) electrons. The van der Waals surface area contributed by atoms with E-state index in [1.807, 2.05) is 18.2 Å². The summed E-state index contributed by atoms with van der Waals surface area (Å²) in [6, 6.07) is 6.28. The lowest BCUT2D eigenvalue weighted by molar-refractivity contribution is 0.478. The Morgan fingerprint density at radius 3 is 2.69 bits per heavy atom. The molecule has 0 aliphatic heterocycles. The van der Waals surface area contributed by atoms with Gasteiger partial charge in [-0.05, 0) is 43.3 Å². The van der Waals surface area contributed by atoms with Crippen molar-refractivity contribution in [3.63, 3.8) is 0 Å². The van der Waals surface area contributed by atoms with Crippen molar-refractivity contribution >= 4 is 34.9 Å². The number of aromatic nitrogens is 2. The number of benzene rings is 1. The standard InChI is InChI=1S/C12H15ClN2S/c1-3-9(4-2)15-11-7-8(13)5-6-10(11)14-12(15)16/h5-7,9H,3-4H2,1-2H3,(H,14,16). The number of halogens is 1. The monoisotopic (exact) mass is 254 g/mol. The molecule has 0 fully saturated rings. The third-order valence-electron chi connectivity index (χ3n) is 2.99. The van der Waals surface area contributed by atoms with Gasteiger partial charge in [0.05, 0.1) is 11.0 Å². The predicted molar refractivity (Wildman–Crippen MR) is 71.8 cm³/mol. The molecular formula is C12H15ClN2S. The lowest BCUT2D eigenvalue weighted by Gasteiger charge is -2.15. The molecule has 4 heteroatoms. The first kappa shape index (κ1) is 11.7. The Balaban J connectivity index is 2.71. The van der Waals surface area contributed by atoms with E-state index in [0.717, 1.165) is 33.7 Å². The summed E-state index contributed by atoms with van der Waals surface area (Å²) in [6.45, 7) is 4.36. The zero-order valence-electron chi connectivity index (χ0n) is 9.46. The van der Waals surface area contributed by atoms with Crippen LogP contribution >= 0.6 is 23.8 Å². The molecule has 0 amide bonds. The second kappa shape index (κ2) is 4.60. The Bertz CT molecular complexity index is 552. The molecule has 0 bridgehead atoms. The van der Waals surface area contributed by atoms with E-state index in [-0.39, 0.29) is 0 Å². The summed E-state index contributed by atoms with van der Waals surface area (Å²) in [6.07, 6.45) is 2.15. The molecule has 0 spiro atoms. The van der Waals surface area contributed by atoms with Gasteiger partial charge in [-0.3, -0.25) is 0 Å². The fraction of sp³-hybridized carbons (Fsp3) is 0.417. The number of aromatic amines is 1. The second-order valence-electron chi connectivity index (χ2n) is 3.93. The van der Waals surface area contributed by atoms with E-state index in [0.29, 0.717) is 6.04 Å². The van der Waals surface area contributed by atoms with E-state index >= 15 is 0 Å². The highest BCUT2D eigenvalue weighted by Gasteiger charge is 2.12. The Labute approximate surface area is 105 Å². The molecule has 0 saturated carbocycles. The van der Waals surface area contributed by atoms with Crippen molar-refractivity contribution in [2.45, 2.75) is 32.7 Å². The van der Waals surface area contributed by atoms with Gasteiger partial charge in [-0.1, -0.05) is 25.4 Å². The lowest BCUT2D eigenvalue weighted by atomic mass is 10.1. The Morgan fingerprint density at radius 2 is 2.06 bits per heavy atom. The van der Waals surface area contributed by atoms with Gasteiger partial charge in [0.1, 0.15) is 0 Å². The molecular weight excluding hydrogens is 240 g/mol. The van der Waals surface area contributed by atoms with Gasteiger partial charge in [0, 0.05) is 11.1 Å². The summed E-state index contributed by atoms with van der Waals surface area (Å²) in [5, 5.41) is 0.751. The van der Waals surface area contributed by atoms with Crippen LogP contribution in [0, 0.1) is 4.77 Å². The molecule has 1 aromatic heterocycles. The molecule has 86 valence electrons. The average molecular weight is 255 g/mol. The van der Waals surface area contributed by atoms with Crippen LogP contribution < -0.4 is 0 Å². The zero-order chi connectivity index (χ0) is 11.7. The number of nitrogens with zero attached hydrogens (tertiary/aromatic N) is 1. The van der Waals surface area contributed by atoms with Crippen LogP contribution in [0.25, 0.3) is 11.0 Å². The third kappa shape index (κ3) is 1.89. The maximum Gasteiger partial charge on any atom is 0.178 e. The highest BCUT2D eigenvalue weighted by Crippen LogP contribution is 2.25. The summed E-state index contributed by atoms with van der Waals surface area (Å²) in [5.41, 5.74) is 2.16. The zero-order valence-corrected chi connectivity index (χ0v) is 11.0. The Hall–Kier alpha value is -0.800. The molecule has 1 heterocycles. The molecule has 16 heavy (non-hydrogen) atoms. The van der Waals surface area contributed by atoms with Crippen LogP contribution in [0.15, 0.2) is 18.2 Å². The normalized spacial score (nSPS) is 11.5. The number of fused-ring (bicyclic) bond motifs is 1. The minimum absolute atomic E-state index is 0.444. The number of hydrogen-bond donors (Lipinski definition) is 1. The average Bonchev–Trinajstić information content (AvgIpc) is 2.58. The van der Waals surface area contributed by atoms with Crippen molar-refractivity contribution < 1.29 is 0 Å². The number of hydrogen-bond acceptors (Lipinski definition) is 1. The van der Waals surface area contributed by atoms with Gasteiger partial charge in [0.2, 0.25) is 0 Å². The molecule has 0 aliphatic rings. The van der Waals surface area contributed by atoms with E-state index in [1.165, 1.54) is 0 Å². The molecule has 0 saturated heterocycles. The van der Waals surface area contributed by atoms with E-state index < -0.39 is 0 Å². The van der Waals surface area contributed by atoms with Crippen molar-refractivity contribution in [2.75, 3.05) is 0 Å². The minimum Gasteiger partial charge on any atom is -0.331 e. The van der Waals surface area contributed by atoms with Crippen molar-refractivity contribution in [3.8, 4) is 0 Å². The molecule has 0 aliphatic carbocycles. The van der Waals surface area contributed by atoms with Gasteiger partial charge in [-0.25, -0.2) is 0 Å². The van der Waals surface area contributed by atoms with Crippen molar-refractivity contribution in [3.05, 3.63) is 28.0 Å². The maximum atomic E-state index is 6.03. The van der Waals surface area contributed by atoms with Crippen molar-refractivity contribution in [1.82, 2.24) is 9.55 Å². The van der Waals surface area contributed by atoms with Crippen LogP contribution in [0.3, 0.4) is 0 Å². The van der Waals surface area contributed by atoms with Gasteiger partial charge in [0.15, 0.2) is 4.77 Å². The first-order valence-corrected chi connectivity index (χ1v) is 6.35. The van der Waals surface area contributed by atoms with Crippen LogP contribution in [0.2, 0.25) is 5.02 Å². The van der Waals surface area contributed by atoms with Crippen molar-refractivity contribution in [1.29, 1.82) is 0 Å². The van der Waals surface area contributed by atoms with E-state index in [2.05, 4.69) is 23.4 Å². The number of rotatable bonds is 3. The van der Waals surface area contributed by atoms with Crippen LogP contribution in [0.1, 0.15) is 32.7 Å². The molecule has 1 N–H and O–H groups in total. The van der Waals surface area contributed by atoms with Gasteiger partial charge in [0.25, 0.3) is 0 Å². The highest BCUT2D eigenvalue weighted by atomic mass is 35.5. The van der Waals surface area contributed by atoms with E-state index in [1.54, 1.807) is 0 Å². The largest absolute Gasteiger partial charge is 0.331 e. The molecule has 0 unspecified atom stereocenters. The summed E-state index contributed by atoms with van der Waals surface area (Å²) in [4.78, 5) is 3.22. The summed E-state index contributed by atoms with van der Waals surface area (Å²) >= 11 is 11.4. The van der Waals surface area contributed by atoms with Crippen LogP contribution in [0.4, 0.5) is 0 Å². The molecule has 2 nitrogen and oxygen atoms in total. The second-order valence-corrected chi connectivity index (χ2v) is 4.76. The fourth-order valence-corrected chi connectivity index (χ4v) is 2.63. The number of H-pyrrole nitrogens is 1. The quantitative estimate of drug-likeness (QED) is 0.787. The van der Waals surface area contributed by atoms with Gasteiger partial charge >= 0.3 is 0 Å². The van der Waals surface area contributed by atoms with Gasteiger partial charge in [-0.15, -0.1) is 0 Å². The lowest BCUT2D eigenvalue weighted by Crippen LogP contribution is -2.06. The summed E-state index contributed by atoms with van der Waals surface area (Å²) in [7, 11) is 0. The minimum atomic E-state index is 0.444. The fourth-order valence-electron chi connectivity index (χ4n) is 2.11. The Morgan fingerprint density at radius 1 is 1.38 bits per heavy atom. The molecule has 1 aromatic carbocycles. The van der Waals surface area contributed by atoms with E-state index in [4.69, 9.17) is 23.8 Å². The predicted octanol–water partition coefficient (Wildman–Crippen LogP) is 4.71. The van der Waals surface area contributed by atoms with Crippen LogP contribution in [0.5, 0.6) is 0 Å². The number of imidazole rings is 1. The molecule has 0 atom stereocenters. The molecule has 2 aromatic rings. The maximum absolute atomic E-state index is 6.03. The smallest absolute Gasteiger partial charge is 0.178 e. The first-order chi connectivity index (χ1) is 7.67. The Kier molecular flexibility index (Phi) is 3.36. The summed E-state index contributed by atoms with van der Waals surface area (Å²) in [5.74, 6) is 0. The van der Waals surface area contributed by atoms with Crippen molar-refractivity contribution in [2.24, 2.45) is 0 Å². The SMILES string of the molecule is CCC(CC)n1c(=S)[nH]c2ccc(Cl)cc21. The van der Waals surface area contributed by atoms with Gasteiger partial charge < -0.3 is 9.55 Å². The molecule has 2 rings (SSSR count). The first-order valence-electron chi connectivity index (χ1n) is 5.57. The summed E-state index contributed by atoms with van der Waals surface area (Å²) < 4.78 is 2.96. The highest BCUT2D eigenvalue weighted by molar-refractivity contribution is 7.71. The topological polar surface area (TPSA) is 20.7 Å². The third-order valence-corrected chi connectivity index (χ3v) is 3.52. The van der Waals surface area contributed by atoms with Crippen LogP contribution in [-0.4, -0.2) is 9.55 Å².